The monoisotopic (exact) mass is 325 g/mol. The number of hydrogen-bond donors (Lipinski definition) is 1. The maximum Gasteiger partial charge on any atom is 0.338 e. The zero-order chi connectivity index (χ0) is 17.3. The van der Waals surface area contributed by atoms with Crippen LogP contribution in [0.15, 0.2) is 48.6 Å². The van der Waals surface area contributed by atoms with Gasteiger partial charge in [-0.15, -0.1) is 15.0 Å². The van der Waals surface area contributed by atoms with Crippen LogP contribution < -0.4 is 9.47 Å². The summed E-state index contributed by atoms with van der Waals surface area (Å²) in [6, 6.07) is 9.63. The molecule has 7 heteroatoms. The molecule has 2 aromatic carbocycles. The van der Waals surface area contributed by atoms with E-state index < -0.39 is 5.97 Å². The van der Waals surface area contributed by atoms with E-state index in [0.717, 1.165) is 0 Å². The van der Waals surface area contributed by atoms with Crippen LogP contribution in [-0.2, 0) is 4.79 Å². The molecule has 0 aliphatic heterocycles. The summed E-state index contributed by atoms with van der Waals surface area (Å²) in [7, 11) is 1.57. The molecule has 1 heterocycles. The van der Waals surface area contributed by atoms with Gasteiger partial charge in [0.25, 0.3) is 0 Å². The normalized spacial score (nSPS) is 10.6. The quantitative estimate of drug-likeness (QED) is 0.451. The molecule has 0 fully saturated rings. The summed E-state index contributed by atoms with van der Waals surface area (Å²) in [6.45, 7) is 5.08. The van der Waals surface area contributed by atoms with Crippen LogP contribution in [0, 0.1) is 0 Å². The third-order valence-electron chi connectivity index (χ3n) is 3.31. The molecule has 0 radical (unpaired) electrons. The van der Waals surface area contributed by atoms with Crippen molar-refractivity contribution >= 4 is 17.0 Å². The molecule has 1 aromatic heterocycles. The largest absolute Gasteiger partial charge is 0.506 e. The van der Waals surface area contributed by atoms with Crippen LogP contribution in [0.2, 0.25) is 0 Å². The Balaban J connectivity index is 2.02. The topological polar surface area (TPSA) is 86.5 Å². The molecule has 0 amide bonds. The van der Waals surface area contributed by atoms with Gasteiger partial charge in [-0.1, -0.05) is 6.58 Å². The Morgan fingerprint density at radius 2 is 1.83 bits per heavy atom. The van der Waals surface area contributed by atoms with E-state index in [-0.39, 0.29) is 22.8 Å². The van der Waals surface area contributed by atoms with Crippen LogP contribution in [0.25, 0.3) is 16.7 Å². The SMILES string of the molecule is C=C(C)C(=O)Oc1ccc(O)c(-n2nc3ccc(OC)cc3n2)c1. The highest BCUT2D eigenvalue weighted by molar-refractivity contribution is 5.88. The zero-order valence-electron chi connectivity index (χ0n) is 13.2. The molecule has 0 saturated carbocycles. The molecule has 0 aliphatic carbocycles. The molecule has 0 atom stereocenters. The fraction of sp³-hybridized carbons (Fsp3) is 0.118. The highest BCUT2D eigenvalue weighted by atomic mass is 16.5. The van der Waals surface area contributed by atoms with Crippen molar-refractivity contribution in [3.63, 3.8) is 0 Å². The van der Waals surface area contributed by atoms with Crippen LogP contribution in [-0.4, -0.2) is 33.2 Å². The number of benzene rings is 2. The molecule has 24 heavy (non-hydrogen) atoms. The Morgan fingerprint density at radius 1 is 1.12 bits per heavy atom. The highest BCUT2D eigenvalue weighted by Gasteiger charge is 2.13. The second-order valence-electron chi connectivity index (χ2n) is 5.16. The molecular formula is C17H15N3O4. The first-order valence-corrected chi connectivity index (χ1v) is 7.10. The van der Waals surface area contributed by atoms with E-state index in [1.165, 1.54) is 23.0 Å². The number of hydrogen-bond acceptors (Lipinski definition) is 6. The van der Waals surface area contributed by atoms with Gasteiger partial charge >= 0.3 is 5.97 Å². The number of phenols is 1. The number of nitrogens with zero attached hydrogens (tertiary/aromatic N) is 3. The Bertz CT molecular complexity index is 946. The van der Waals surface area contributed by atoms with Crippen molar-refractivity contribution < 1.29 is 19.4 Å². The molecule has 3 rings (SSSR count). The van der Waals surface area contributed by atoms with Gasteiger partial charge in [-0.3, -0.25) is 0 Å². The Hall–Kier alpha value is -3.35. The second kappa shape index (κ2) is 6.04. The van der Waals surface area contributed by atoms with Gasteiger partial charge < -0.3 is 14.6 Å². The molecule has 0 spiro atoms. The second-order valence-corrected chi connectivity index (χ2v) is 5.16. The number of aromatic hydroxyl groups is 1. The number of ether oxygens (including phenoxy) is 2. The first-order valence-electron chi connectivity index (χ1n) is 7.10. The summed E-state index contributed by atoms with van der Waals surface area (Å²) in [5, 5.41) is 18.7. The highest BCUT2D eigenvalue weighted by Crippen LogP contribution is 2.27. The average Bonchev–Trinajstić information content (AvgIpc) is 2.99. The maximum atomic E-state index is 11.6. The molecule has 3 aromatic rings. The van der Waals surface area contributed by atoms with E-state index in [0.29, 0.717) is 16.8 Å². The predicted molar refractivity (Wildman–Crippen MR) is 87.5 cm³/mol. The summed E-state index contributed by atoms with van der Waals surface area (Å²) in [4.78, 5) is 12.9. The van der Waals surface area contributed by atoms with Gasteiger partial charge in [0.2, 0.25) is 0 Å². The van der Waals surface area contributed by atoms with E-state index in [1.54, 1.807) is 32.2 Å². The minimum atomic E-state index is -0.546. The summed E-state index contributed by atoms with van der Waals surface area (Å²) < 4.78 is 10.3. The Morgan fingerprint density at radius 3 is 2.54 bits per heavy atom. The molecule has 0 aliphatic rings. The summed E-state index contributed by atoms with van der Waals surface area (Å²) in [6.07, 6.45) is 0. The van der Waals surface area contributed by atoms with E-state index in [4.69, 9.17) is 9.47 Å². The van der Waals surface area contributed by atoms with Gasteiger partial charge in [-0.25, -0.2) is 4.79 Å². The van der Waals surface area contributed by atoms with Gasteiger partial charge in [0.05, 0.1) is 7.11 Å². The van der Waals surface area contributed by atoms with Crippen molar-refractivity contribution in [2.45, 2.75) is 6.92 Å². The Labute approximate surface area is 137 Å². The lowest BCUT2D eigenvalue weighted by molar-refractivity contribution is -0.130. The number of carbonyl (C=O) groups is 1. The van der Waals surface area contributed by atoms with Crippen LogP contribution in [0.5, 0.6) is 17.2 Å². The number of fused-ring (bicyclic) bond motifs is 1. The number of phenolic OH excluding ortho intramolecular Hbond substituents is 1. The van der Waals surface area contributed by atoms with Gasteiger partial charge in [-0.2, -0.15) is 0 Å². The number of esters is 1. The van der Waals surface area contributed by atoms with E-state index in [2.05, 4.69) is 16.8 Å². The first kappa shape index (κ1) is 15.5. The Kier molecular flexibility index (Phi) is 3.91. The molecule has 122 valence electrons. The van der Waals surface area contributed by atoms with Crippen molar-refractivity contribution in [3.8, 4) is 22.9 Å². The lowest BCUT2D eigenvalue weighted by Crippen LogP contribution is -2.09. The lowest BCUT2D eigenvalue weighted by atomic mass is 10.3. The van der Waals surface area contributed by atoms with Crippen molar-refractivity contribution in [3.05, 3.63) is 48.6 Å². The van der Waals surface area contributed by atoms with Gasteiger partial charge in [0.1, 0.15) is 34.0 Å². The molecule has 0 unspecified atom stereocenters. The van der Waals surface area contributed by atoms with Gasteiger partial charge in [0.15, 0.2) is 0 Å². The molecular weight excluding hydrogens is 310 g/mol. The van der Waals surface area contributed by atoms with Crippen LogP contribution in [0.1, 0.15) is 6.92 Å². The fourth-order valence-electron chi connectivity index (χ4n) is 2.05. The average molecular weight is 325 g/mol. The van der Waals surface area contributed by atoms with E-state index >= 15 is 0 Å². The van der Waals surface area contributed by atoms with Crippen molar-refractivity contribution in [1.82, 2.24) is 15.0 Å². The number of rotatable bonds is 4. The minimum Gasteiger partial charge on any atom is -0.506 e. The standard InChI is InChI=1S/C17H15N3O4/c1-10(2)17(22)24-12-5-7-16(21)15(9-12)20-18-13-6-4-11(23-3)8-14(13)19-20/h4-9,21H,1H2,2-3H3. The zero-order valence-corrected chi connectivity index (χ0v) is 13.2. The first-order chi connectivity index (χ1) is 11.5. The van der Waals surface area contributed by atoms with Crippen LogP contribution >= 0.6 is 0 Å². The molecule has 0 bridgehead atoms. The third-order valence-corrected chi connectivity index (χ3v) is 3.31. The van der Waals surface area contributed by atoms with E-state index in [9.17, 15) is 9.90 Å². The summed E-state index contributed by atoms with van der Waals surface area (Å²) in [5.41, 5.74) is 1.81. The van der Waals surface area contributed by atoms with E-state index in [1.807, 2.05) is 0 Å². The smallest absolute Gasteiger partial charge is 0.338 e. The fourth-order valence-corrected chi connectivity index (χ4v) is 2.05. The van der Waals surface area contributed by atoms with Crippen LogP contribution in [0.3, 0.4) is 0 Å². The molecule has 7 nitrogen and oxygen atoms in total. The molecule has 1 N–H and O–H groups in total. The van der Waals surface area contributed by atoms with Gasteiger partial charge in [0, 0.05) is 17.7 Å². The van der Waals surface area contributed by atoms with Gasteiger partial charge in [-0.05, 0) is 31.2 Å². The van der Waals surface area contributed by atoms with Crippen molar-refractivity contribution in [2.24, 2.45) is 0 Å². The third kappa shape index (κ3) is 2.91. The molecule has 0 saturated heterocycles. The number of carbonyl (C=O) groups excluding carboxylic acids is 1. The van der Waals surface area contributed by atoms with Crippen molar-refractivity contribution in [1.29, 1.82) is 0 Å². The summed E-state index contributed by atoms with van der Waals surface area (Å²) in [5.74, 6) is 0.324. The van der Waals surface area contributed by atoms with Crippen LogP contribution in [0.4, 0.5) is 0 Å². The minimum absolute atomic E-state index is 0.0441. The summed E-state index contributed by atoms with van der Waals surface area (Å²) >= 11 is 0. The van der Waals surface area contributed by atoms with Crippen molar-refractivity contribution in [2.75, 3.05) is 7.11 Å². The maximum absolute atomic E-state index is 11.6. The number of methoxy groups -OCH3 is 1. The lowest BCUT2D eigenvalue weighted by Gasteiger charge is -2.07. The predicted octanol–water partition coefficient (Wildman–Crippen LogP) is 2.62. The number of aromatic nitrogens is 3.